The number of nitrogens with zero attached hydrogens (tertiary/aromatic N) is 1. The topological polar surface area (TPSA) is 66.5 Å². The molecule has 0 heterocycles. The Morgan fingerprint density at radius 1 is 1.04 bits per heavy atom. The first-order chi connectivity index (χ1) is 13.4. The number of amides is 2. The van der Waals surface area contributed by atoms with E-state index in [1.165, 1.54) is 6.92 Å². The van der Waals surface area contributed by atoms with Gasteiger partial charge in [0.1, 0.15) is 0 Å². The molecule has 2 aromatic rings. The van der Waals surface area contributed by atoms with Crippen LogP contribution in [0.25, 0.3) is 0 Å². The molecule has 2 aromatic carbocycles. The predicted molar refractivity (Wildman–Crippen MR) is 109 cm³/mol. The Kier molecular flexibility index (Phi) is 5.93. The van der Waals surface area contributed by atoms with E-state index in [4.69, 9.17) is 0 Å². The number of hydrogen-bond donors (Lipinski definition) is 1. The van der Waals surface area contributed by atoms with Gasteiger partial charge in [-0.2, -0.15) is 0 Å². The van der Waals surface area contributed by atoms with Crippen LogP contribution in [-0.2, 0) is 16.1 Å². The number of ketones is 1. The van der Waals surface area contributed by atoms with Gasteiger partial charge in [-0.1, -0.05) is 42.5 Å². The zero-order chi connectivity index (χ0) is 20.3. The quantitative estimate of drug-likeness (QED) is 0.743. The summed E-state index contributed by atoms with van der Waals surface area (Å²) in [6, 6.07) is 16.8. The number of nitrogens with one attached hydrogen (secondary N) is 1. The van der Waals surface area contributed by atoms with Crippen LogP contribution in [0.4, 0.5) is 5.69 Å². The third-order valence-corrected chi connectivity index (χ3v) is 5.08. The van der Waals surface area contributed by atoms with E-state index >= 15 is 0 Å². The van der Waals surface area contributed by atoms with Crippen LogP contribution in [0.2, 0.25) is 0 Å². The van der Waals surface area contributed by atoms with Gasteiger partial charge >= 0.3 is 0 Å². The lowest BCUT2D eigenvalue weighted by atomic mass is 10.1. The first kappa shape index (κ1) is 19.8. The van der Waals surface area contributed by atoms with E-state index in [-0.39, 0.29) is 35.5 Å². The number of benzene rings is 2. The molecule has 2 amide bonds. The van der Waals surface area contributed by atoms with Crippen molar-refractivity contribution in [2.75, 3.05) is 5.32 Å². The van der Waals surface area contributed by atoms with Crippen LogP contribution in [-0.4, -0.2) is 28.5 Å². The molecule has 3 rings (SSSR count). The van der Waals surface area contributed by atoms with Crippen LogP contribution in [0.3, 0.4) is 0 Å². The predicted octanol–water partition coefficient (Wildman–Crippen LogP) is 3.90. The van der Waals surface area contributed by atoms with Gasteiger partial charge in [-0.05, 0) is 44.9 Å². The van der Waals surface area contributed by atoms with Crippen LogP contribution in [0.15, 0.2) is 54.6 Å². The third kappa shape index (κ3) is 4.66. The van der Waals surface area contributed by atoms with Crippen LogP contribution in [0.5, 0.6) is 0 Å². The molecule has 2 unspecified atom stereocenters. The van der Waals surface area contributed by atoms with Crippen molar-refractivity contribution in [3.05, 3.63) is 65.7 Å². The molecule has 0 radical (unpaired) electrons. The van der Waals surface area contributed by atoms with Gasteiger partial charge in [0.25, 0.3) is 0 Å². The second kappa shape index (κ2) is 8.38. The van der Waals surface area contributed by atoms with E-state index in [0.29, 0.717) is 24.2 Å². The number of carbonyl (C=O) groups excluding carboxylic acids is 3. The van der Waals surface area contributed by atoms with E-state index in [0.717, 1.165) is 5.56 Å². The standard InChI is InChI=1S/C23H26N2O3/c1-15(2)25(14-17-8-5-4-6-9-17)23(28)21-13-20(21)22(27)24-19-11-7-10-18(12-19)16(3)26/h4-12,15,20-21H,13-14H2,1-3H3,(H,24,27). The Labute approximate surface area is 165 Å². The molecule has 0 spiro atoms. The van der Waals surface area contributed by atoms with Gasteiger partial charge in [-0.15, -0.1) is 0 Å². The first-order valence-corrected chi connectivity index (χ1v) is 9.63. The average molecular weight is 378 g/mol. The molecular weight excluding hydrogens is 352 g/mol. The minimum absolute atomic E-state index is 0.0245. The number of Topliss-reactive ketones (excluding diaryl/α,β-unsaturated/α-hetero) is 1. The highest BCUT2D eigenvalue weighted by atomic mass is 16.2. The first-order valence-electron chi connectivity index (χ1n) is 9.63. The van der Waals surface area contributed by atoms with Crippen LogP contribution in [0.1, 0.15) is 43.1 Å². The molecule has 146 valence electrons. The van der Waals surface area contributed by atoms with E-state index in [2.05, 4.69) is 5.32 Å². The molecule has 1 aliphatic carbocycles. The smallest absolute Gasteiger partial charge is 0.228 e. The Bertz CT molecular complexity index is 876. The summed E-state index contributed by atoms with van der Waals surface area (Å²) in [7, 11) is 0. The number of anilines is 1. The monoisotopic (exact) mass is 378 g/mol. The molecule has 5 nitrogen and oxygen atoms in total. The molecule has 5 heteroatoms. The van der Waals surface area contributed by atoms with Gasteiger partial charge < -0.3 is 10.2 Å². The minimum Gasteiger partial charge on any atom is -0.336 e. The Balaban J connectivity index is 1.62. The van der Waals surface area contributed by atoms with Crippen LogP contribution >= 0.6 is 0 Å². The molecule has 28 heavy (non-hydrogen) atoms. The summed E-state index contributed by atoms with van der Waals surface area (Å²) in [5, 5.41) is 2.84. The van der Waals surface area contributed by atoms with Gasteiger partial charge in [0.2, 0.25) is 11.8 Å². The third-order valence-electron chi connectivity index (χ3n) is 5.08. The Morgan fingerprint density at radius 2 is 1.75 bits per heavy atom. The van der Waals surface area contributed by atoms with Crippen molar-refractivity contribution in [3.8, 4) is 0 Å². The van der Waals surface area contributed by atoms with Gasteiger partial charge in [0, 0.05) is 23.8 Å². The second-order valence-corrected chi connectivity index (χ2v) is 7.62. The van der Waals surface area contributed by atoms with Gasteiger partial charge in [0.05, 0.1) is 11.8 Å². The summed E-state index contributed by atoms with van der Waals surface area (Å²) < 4.78 is 0. The fraction of sp³-hybridized carbons (Fsp3) is 0.348. The van der Waals surface area contributed by atoms with Gasteiger partial charge in [-0.3, -0.25) is 14.4 Å². The van der Waals surface area contributed by atoms with Gasteiger partial charge in [0.15, 0.2) is 5.78 Å². The summed E-state index contributed by atoms with van der Waals surface area (Å²) in [5.74, 6) is -0.782. The molecule has 1 aliphatic rings. The van der Waals surface area contributed by atoms with Crippen molar-refractivity contribution < 1.29 is 14.4 Å². The highest BCUT2D eigenvalue weighted by molar-refractivity contribution is 6.01. The van der Waals surface area contributed by atoms with E-state index < -0.39 is 0 Å². The molecule has 0 aromatic heterocycles. The largest absolute Gasteiger partial charge is 0.336 e. The van der Waals surface area contributed by atoms with Crippen LogP contribution in [0, 0.1) is 11.8 Å². The molecule has 1 fully saturated rings. The number of rotatable bonds is 7. The van der Waals surface area contributed by atoms with E-state index in [9.17, 15) is 14.4 Å². The van der Waals surface area contributed by atoms with Gasteiger partial charge in [-0.25, -0.2) is 0 Å². The summed E-state index contributed by atoms with van der Waals surface area (Å²) >= 11 is 0. The number of hydrogen-bond acceptors (Lipinski definition) is 3. The van der Waals surface area contributed by atoms with E-state index in [1.54, 1.807) is 24.3 Å². The molecular formula is C23H26N2O3. The highest BCUT2D eigenvalue weighted by Crippen LogP contribution is 2.41. The summed E-state index contributed by atoms with van der Waals surface area (Å²) in [5.41, 5.74) is 2.21. The summed E-state index contributed by atoms with van der Waals surface area (Å²) in [4.78, 5) is 38.9. The fourth-order valence-corrected chi connectivity index (χ4v) is 3.32. The van der Waals surface area contributed by atoms with Crippen molar-refractivity contribution in [1.82, 2.24) is 4.90 Å². The second-order valence-electron chi connectivity index (χ2n) is 7.62. The molecule has 0 aliphatic heterocycles. The maximum absolute atomic E-state index is 13.0. The SMILES string of the molecule is CC(=O)c1cccc(NC(=O)C2CC2C(=O)N(Cc2ccccc2)C(C)C)c1. The highest BCUT2D eigenvalue weighted by Gasteiger charge is 2.49. The van der Waals surface area contributed by atoms with E-state index in [1.807, 2.05) is 49.1 Å². The molecule has 0 saturated heterocycles. The Morgan fingerprint density at radius 3 is 2.39 bits per heavy atom. The molecule has 1 N–H and O–H groups in total. The van der Waals surface area contributed by atoms with Crippen LogP contribution < -0.4 is 5.32 Å². The zero-order valence-electron chi connectivity index (χ0n) is 16.5. The fourth-order valence-electron chi connectivity index (χ4n) is 3.32. The van der Waals surface area contributed by atoms with Crippen molar-refractivity contribution in [3.63, 3.8) is 0 Å². The average Bonchev–Trinajstić information content (AvgIpc) is 3.47. The maximum atomic E-state index is 13.0. The van der Waals surface area contributed by atoms with Crippen molar-refractivity contribution in [2.24, 2.45) is 11.8 Å². The maximum Gasteiger partial charge on any atom is 0.228 e. The zero-order valence-corrected chi connectivity index (χ0v) is 16.5. The number of carbonyl (C=O) groups is 3. The molecule has 0 bridgehead atoms. The summed E-state index contributed by atoms with van der Waals surface area (Å²) in [6.45, 7) is 6.02. The lowest BCUT2D eigenvalue weighted by Gasteiger charge is -2.27. The molecule has 2 atom stereocenters. The minimum atomic E-state index is -0.314. The Hall–Kier alpha value is -2.95. The van der Waals surface area contributed by atoms with Crippen molar-refractivity contribution in [1.29, 1.82) is 0 Å². The van der Waals surface area contributed by atoms with Crippen molar-refractivity contribution >= 4 is 23.3 Å². The normalized spacial score (nSPS) is 17.9. The lowest BCUT2D eigenvalue weighted by Crippen LogP contribution is -2.38. The lowest BCUT2D eigenvalue weighted by molar-refractivity contribution is -0.136. The van der Waals surface area contributed by atoms with Crippen molar-refractivity contribution in [2.45, 2.75) is 39.8 Å². The molecule has 1 saturated carbocycles. The summed E-state index contributed by atoms with van der Waals surface area (Å²) in [6.07, 6.45) is 0.565.